The smallest absolute Gasteiger partial charge is 0.268 e. The quantitative estimate of drug-likeness (QED) is 0.655. The van der Waals surface area contributed by atoms with Gasteiger partial charge in [-0.25, -0.2) is 4.98 Å². The fourth-order valence-electron chi connectivity index (χ4n) is 2.28. The van der Waals surface area contributed by atoms with E-state index in [0.29, 0.717) is 11.6 Å². The molecular formula is C17H16IN3O2. The zero-order valence-electron chi connectivity index (χ0n) is 12.8. The van der Waals surface area contributed by atoms with Crippen molar-refractivity contribution in [2.24, 2.45) is 0 Å². The van der Waals surface area contributed by atoms with Gasteiger partial charge in [0.1, 0.15) is 11.5 Å². The maximum absolute atomic E-state index is 12.4. The van der Waals surface area contributed by atoms with Crippen molar-refractivity contribution >= 4 is 28.5 Å². The number of aryl methyl sites for hydroxylation is 2. The maximum atomic E-state index is 12.4. The van der Waals surface area contributed by atoms with Gasteiger partial charge in [0.25, 0.3) is 5.91 Å². The molecule has 0 atom stereocenters. The lowest BCUT2D eigenvalue weighted by Gasteiger charge is -2.09. The average Bonchev–Trinajstić information content (AvgIpc) is 3.12. The molecule has 0 unspecified atom stereocenters. The van der Waals surface area contributed by atoms with Crippen molar-refractivity contribution in [1.82, 2.24) is 14.9 Å². The van der Waals surface area contributed by atoms with E-state index < -0.39 is 0 Å². The summed E-state index contributed by atoms with van der Waals surface area (Å²) in [4.78, 5) is 16.7. The SMILES string of the molecule is Cc1nc(CNC(=O)c2cccn2-c2cccc(I)c2)oc1C. The van der Waals surface area contributed by atoms with Crippen LogP contribution in [0.15, 0.2) is 47.0 Å². The van der Waals surface area contributed by atoms with Crippen LogP contribution in [0.5, 0.6) is 0 Å². The van der Waals surface area contributed by atoms with Crippen molar-refractivity contribution < 1.29 is 9.21 Å². The van der Waals surface area contributed by atoms with E-state index in [1.807, 2.05) is 54.9 Å². The Morgan fingerprint density at radius 2 is 2.13 bits per heavy atom. The van der Waals surface area contributed by atoms with Crippen LogP contribution in [-0.2, 0) is 6.54 Å². The number of oxazole rings is 1. The minimum atomic E-state index is -0.164. The van der Waals surface area contributed by atoms with Crippen molar-refractivity contribution in [3.63, 3.8) is 0 Å². The van der Waals surface area contributed by atoms with Crippen LogP contribution in [-0.4, -0.2) is 15.5 Å². The highest BCUT2D eigenvalue weighted by molar-refractivity contribution is 14.1. The number of carbonyl (C=O) groups is 1. The second kappa shape index (κ2) is 6.57. The summed E-state index contributed by atoms with van der Waals surface area (Å²) in [6, 6.07) is 11.6. The van der Waals surface area contributed by atoms with E-state index in [1.54, 1.807) is 6.07 Å². The Kier molecular flexibility index (Phi) is 4.51. The molecule has 1 N–H and O–H groups in total. The van der Waals surface area contributed by atoms with E-state index in [0.717, 1.165) is 20.7 Å². The van der Waals surface area contributed by atoms with Gasteiger partial charge in [0.15, 0.2) is 0 Å². The molecule has 0 spiro atoms. The highest BCUT2D eigenvalue weighted by Crippen LogP contribution is 2.16. The number of halogens is 1. The van der Waals surface area contributed by atoms with Crippen molar-refractivity contribution in [1.29, 1.82) is 0 Å². The first kappa shape index (κ1) is 15.8. The lowest BCUT2D eigenvalue weighted by Crippen LogP contribution is -2.25. The molecule has 0 saturated heterocycles. The molecule has 5 nitrogen and oxygen atoms in total. The number of nitrogens with zero attached hydrogens (tertiary/aromatic N) is 2. The average molecular weight is 421 g/mol. The van der Waals surface area contributed by atoms with E-state index in [-0.39, 0.29) is 12.5 Å². The molecule has 0 bridgehead atoms. The lowest BCUT2D eigenvalue weighted by molar-refractivity contribution is 0.0940. The predicted molar refractivity (Wildman–Crippen MR) is 95.6 cm³/mol. The topological polar surface area (TPSA) is 60.1 Å². The Morgan fingerprint density at radius 1 is 1.30 bits per heavy atom. The number of benzene rings is 1. The van der Waals surface area contributed by atoms with Crippen molar-refractivity contribution in [2.45, 2.75) is 20.4 Å². The Morgan fingerprint density at radius 3 is 2.83 bits per heavy atom. The highest BCUT2D eigenvalue weighted by Gasteiger charge is 2.13. The summed E-state index contributed by atoms with van der Waals surface area (Å²) in [7, 11) is 0. The minimum Gasteiger partial charge on any atom is -0.444 e. The maximum Gasteiger partial charge on any atom is 0.268 e. The molecule has 0 saturated carbocycles. The Labute approximate surface area is 147 Å². The van der Waals surface area contributed by atoms with Gasteiger partial charge in [0.2, 0.25) is 5.89 Å². The van der Waals surface area contributed by atoms with Gasteiger partial charge in [0.05, 0.1) is 12.2 Å². The third-order valence-corrected chi connectivity index (χ3v) is 4.21. The molecule has 0 radical (unpaired) electrons. The zero-order chi connectivity index (χ0) is 16.4. The summed E-state index contributed by atoms with van der Waals surface area (Å²) in [5.74, 6) is 1.12. The first-order valence-electron chi connectivity index (χ1n) is 7.19. The van der Waals surface area contributed by atoms with E-state index in [2.05, 4.69) is 32.9 Å². The Hall–Kier alpha value is -2.09. The molecule has 0 aliphatic rings. The van der Waals surface area contributed by atoms with Crippen molar-refractivity contribution in [3.05, 3.63) is 69.2 Å². The molecule has 2 aromatic heterocycles. The van der Waals surface area contributed by atoms with Gasteiger partial charge in [-0.2, -0.15) is 0 Å². The summed E-state index contributed by atoms with van der Waals surface area (Å²) in [6.45, 7) is 4.01. The second-order valence-corrected chi connectivity index (χ2v) is 6.42. The van der Waals surface area contributed by atoms with Crippen LogP contribution in [0.1, 0.15) is 27.8 Å². The molecule has 1 aromatic carbocycles. The highest BCUT2D eigenvalue weighted by atomic mass is 127. The molecule has 0 aliphatic heterocycles. The summed E-state index contributed by atoms with van der Waals surface area (Å²) in [5, 5.41) is 2.85. The van der Waals surface area contributed by atoms with Crippen LogP contribution >= 0.6 is 22.6 Å². The number of rotatable bonds is 4. The first-order chi connectivity index (χ1) is 11.0. The monoisotopic (exact) mass is 421 g/mol. The van der Waals surface area contributed by atoms with E-state index in [1.165, 1.54) is 0 Å². The molecule has 118 valence electrons. The van der Waals surface area contributed by atoms with Crippen LogP contribution in [0.3, 0.4) is 0 Å². The number of hydrogen-bond donors (Lipinski definition) is 1. The van der Waals surface area contributed by atoms with Crippen molar-refractivity contribution in [2.75, 3.05) is 0 Å². The largest absolute Gasteiger partial charge is 0.444 e. The molecule has 6 heteroatoms. The molecular weight excluding hydrogens is 405 g/mol. The molecule has 0 aliphatic carbocycles. The van der Waals surface area contributed by atoms with Crippen LogP contribution < -0.4 is 5.32 Å². The van der Waals surface area contributed by atoms with Gasteiger partial charge in [0, 0.05) is 15.5 Å². The standard InChI is InChI=1S/C17H16IN3O2/c1-11-12(2)23-16(20-11)10-19-17(22)15-7-4-8-21(15)14-6-3-5-13(18)9-14/h3-9H,10H2,1-2H3,(H,19,22). The van der Waals surface area contributed by atoms with Gasteiger partial charge >= 0.3 is 0 Å². The second-order valence-electron chi connectivity index (χ2n) is 5.18. The zero-order valence-corrected chi connectivity index (χ0v) is 15.0. The number of aromatic nitrogens is 2. The molecule has 23 heavy (non-hydrogen) atoms. The third-order valence-electron chi connectivity index (χ3n) is 3.54. The summed E-state index contributed by atoms with van der Waals surface area (Å²) in [6.07, 6.45) is 1.87. The minimum absolute atomic E-state index is 0.164. The van der Waals surface area contributed by atoms with E-state index in [4.69, 9.17) is 4.42 Å². The number of nitrogens with one attached hydrogen (secondary N) is 1. The Balaban J connectivity index is 1.77. The van der Waals surface area contributed by atoms with Crippen LogP contribution in [0.25, 0.3) is 5.69 Å². The van der Waals surface area contributed by atoms with Gasteiger partial charge in [-0.3, -0.25) is 4.79 Å². The fourth-order valence-corrected chi connectivity index (χ4v) is 2.80. The molecule has 0 fully saturated rings. The Bertz CT molecular complexity index is 832. The normalized spacial score (nSPS) is 10.7. The van der Waals surface area contributed by atoms with Gasteiger partial charge in [-0.1, -0.05) is 6.07 Å². The van der Waals surface area contributed by atoms with E-state index in [9.17, 15) is 4.79 Å². The molecule has 1 amide bonds. The number of hydrogen-bond acceptors (Lipinski definition) is 3. The molecule has 3 rings (SSSR count). The van der Waals surface area contributed by atoms with Crippen LogP contribution in [0, 0.1) is 17.4 Å². The van der Waals surface area contributed by atoms with Gasteiger partial charge < -0.3 is 14.3 Å². The predicted octanol–water partition coefficient (Wildman–Crippen LogP) is 3.62. The van der Waals surface area contributed by atoms with E-state index >= 15 is 0 Å². The summed E-state index contributed by atoms with van der Waals surface area (Å²) >= 11 is 2.25. The van der Waals surface area contributed by atoms with Gasteiger partial charge in [-0.05, 0) is 66.8 Å². The first-order valence-corrected chi connectivity index (χ1v) is 8.27. The van der Waals surface area contributed by atoms with Crippen molar-refractivity contribution in [3.8, 4) is 5.69 Å². The number of carbonyl (C=O) groups excluding carboxylic acids is 1. The van der Waals surface area contributed by atoms with Crippen LogP contribution in [0.4, 0.5) is 0 Å². The third kappa shape index (κ3) is 3.47. The number of amides is 1. The molecule has 3 aromatic rings. The van der Waals surface area contributed by atoms with Crippen LogP contribution in [0.2, 0.25) is 0 Å². The lowest BCUT2D eigenvalue weighted by atomic mass is 10.3. The summed E-state index contributed by atoms with van der Waals surface area (Å²) < 4.78 is 8.46. The fraction of sp³-hybridized carbons (Fsp3) is 0.176. The molecule has 2 heterocycles. The van der Waals surface area contributed by atoms with Gasteiger partial charge in [-0.15, -0.1) is 0 Å². The summed E-state index contributed by atoms with van der Waals surface area (Å²) in [5.41, 5.74) is 2.37.